The Morgan fingerprint density at radius 1 is 1.18 bits per heavy atom. The SMILES string of the molecule is COCOc1ccc(C(C)(C)C(=O)OC)cc1. The van der Waals surface area contributed by atoms with Gasteiger partial charge >= 0.3 is 5.97 Å². The van der Waals surface area contributed by atoms with Gasteiger partial charge in [0.05, 0.1) is 12.5 Å². The molecule has 0 amide bonds. The molecule has 0 atom stereocenters. The van der Waals surface area contributed by atoms with Crippen molar-refractivity contribution < 1.29 is 19.0 Å². The van der Waals surface area contributed by atoms with Gasteiger partial charge in [-0.15, -0.1) is 0 Å². The summed E-state index contributed by atoms with van der Waals surface area (Å²) < 4.78 is 14.8. The van der Waals surface area contributed by atoms with Crippen molar-refractivity contribution >= 4 is 5.97 Å². The average Bonchev–Trinajstić information content (AvgIpc) is 2.35. The number of carbonyl (C=O) groups excluding carboxylic acids is 1. The summed E-state index contributed by atoms with van der Waals surface area (Å²) in [5.41, 5.74) is 0.225. The number of benzene rings is 1. The molecule has 4 heteroatoms. The number of rotatable bonds is 5. The van der Waals surface area contributed by atoms with Crippen LogP contribution >= 0.6 is 0 Å². The zero-order valence-corrected chi connectivity index (χ0v) is 10.6. The monoisotopic (exact) mass is 238 g/mol. The van der Waals surface area contributed by atoms with Crippen LogP contribution in [0.3, 0.4) is 0 Å². The van der Waals surface area contributed by atoms with E-state index in [1.165, 1.54) is 7.11 Å². The van der Waals surface area contributed by atoms with Crippen molar-refractivity contribution in [2.45, 2.75) is 19.3 Å². The standard InChI is InChI=1S/C13H18O4/c1-13(2,12(14)16-4)10-5-7-11(8-6-10)17-9-15-3/h5-8H,9H2,1-4H3. The largest absolute Gasteiger partial charge is 0.468 e. The van der Waals surface area contributed by atoms with E-state index in [2.05, 4.69) is 0 Å². The summed E-state index contributed by atoms with van der Waals surface area (Å²) in [5, 5.41) is 0. The normalized spacial score (nSPS) is 11.1. The number of methoxy groups -OCH3 is 2. The van der Waals surface area contributed by atoms with Gasteiger partial charge in [-0.05, 0) is 31.5 Å². The molecule has 1 aromatic carbocycles. The maximum absolute atomic E-state index is 11.6. The van der Waals surface area contributed by atoms with E-state index in [1.54, 1.807) is 19.2 Å². The fourth-order valence-electron chi connectivity index (χ4n) is 1.47. The first-order chi connectivity index (χ1) is 8.02. The predicted molar refractivity (Wildman–Crippen MR) is 64.0 cm³/mol. The molecule has 0 heterocycles. The third-order valence-electron chi connectivity index (χ3n) is 2.62. The maximum atomic E-state index is 11.6. The Morgan fingerprint density at radius 2 is 1.76 bits per heavy atom. The minimum Gasteiger partial charge on any atom is -0.468 e. The summed E-state index contributed by atoms with van der Waals surface area (Å²) in [6.45, 7) is 3.85. The van der Waals surface area contributed by atoms with Gasteiger partial charge in [-0.3, -0.25) is 4.79 Å². The molecule has 0 aromatic heterocycles. The summed E-state index contributed by atoms with van der Waals surface area (Å²) in [4.78, 5) is 11.6. The van der Waals surface area contributed by atoms with Crippen LogP contribution in [0.2, 0.25) is 0 Å². The fraction of sp³-hybridized carbons (Fsp3) is 0.462. The van der Waals surface area contributed by atoms with Crippen LogP contribution in [-0.2, 0) is 19.7 Å². The molecule has 17 heavy (non-hydrogen) atoms. The van der Waals surface area contributed by atoms with Gasteiger partial charge in [0.1, 0.15) is 5.75 Å². The Hall–Kier alpha value is -1.55. The number of hydrogen-bond donors (Lipinski definition) is 0. The van der Waals surface area contributed by atoms with E-state index in [4.69, 9.17) is 14.2 Å². The van der Waals surface area contributed by atoms with Gasteiger partial charge in [-0.25, -0.2) is 0 Å². The second-order valence-electron chi connectivity index (χ2n) is 4.19. The highest BCUT2D eigenvalue weighted by Crippen LogP contribution is 2.26. The number of esters is 1. The Morgan fingerprint density at radius 3 is 2.24 bits per heavy atom. The zero-order chi connectivity index (χ0) is 12.9. The lowest BCUT2D eigenvalue weighted by molar-refractivity contribution is -0.146. The molecule has 0 bridgehead atoms. The van der Waals surface area contributed by atoms with Crippen LogP contribution < -0.4 is 4.74 Å². The molecule has 94 valence electrons. The third-order valence-corrected chi connectivity index (χ3v) is 2.62. The summed E-state index contributed by atoms with van der Waals surface area (Å²) in [6.07, 6.45) is 0. The van der Waals surface area contributed by atoms with Crippen molar-refractivity contribution in [2.75, 3.05) is 21.0 Å². The molecule has 0 N–H and O–H groups in total. The lowest BCUT2D eigenvalue weighted by Gasteiger charge is -2.22. The summed E-state index contributed by atoms with van der Waals surface area (Å²) in [6, 6.07) is 7.31. The molecular formula is C13H18O4. The first-order valence-corrected chi connectivity index (χ1v) is 5.33. The Balaban J connectivity index is 2.83. The quantitative estimate of drug-likeness (QED) is 0.582. The van der Waals surface area contributed by atoms with Crippen LogP contribution in [0, 0.1) is 0 Å². The number of hydrogen-bond acceptors (Lipinski definition) is 4. The van der Waals surface area contributed by atoms with Crippen LogP contribution in [0.25, 0.3) is 0 Å². The van der Waals surface area contributed by atoms with Crippen molar-refractivity contribution in [3.8, 4) is 5.75 Å². The fourth-order valence-corrected chi connectivity index (χ4v) is 1.47. The van der Waals surface area contributed by atoms with Crippen molar-refractivity contribution in [2.24, 2.45) is 0 Å². The zero-order valence-electron chi connectivity index (χ0n) is 10.6. The minimum absolute atomic E-state index is 0.208. The minimum atomic E-state index is -0.658. The Labute approximate surface area is 101 Å². The molecule has 0 aliphatic heterocycles. The van der Waals surface area contributed by atoms with Crippen LogP contribution in [0.15, 0.2) is 24.3 Å². The molecule has 4 nitrogen and oxygen atoms in total. The second-order valence-corrected chi connectivity index (χ2v) is 4.19. The second kappa shape index (κ2) is 5.68. The molecule has 0 saturated heterocycles. The van der Waals surface area contributed by atoms with Gasteiger partial charge in [-0.2, -0.15) is 0 Å². The highest BCUT2D eigenvalue weighted by molar-refractivity contribution is 5.82. The van der Waals surface area contributed by atoms with Gasteiger partial charge in [0.25, 0.3) is 0 Å². The maximum Gasteiger partial charge on any atom is 0.315 e. The van der Waals surface area contributed by atoms with E-state index < -0.39 is 5.41 Å². The van der Waals surface area contributed by atoms with Crippen molar-refractivity contribution in [1.82, 2.24) is 0 Å². The highest BCUT2D eigenvalue weighted by Gasteiger charge is 2.30. The molecule has 0 aliphatic rings. The topological polar surface area (TPSA) is 44.8 Å². The van der Waals surface area contributed by atoms with Gasteiger partial charge in [0.15, 0.2) is 6.79 Å². The molecule has 1 aromatic rings. The Bertz CT molecular complexity index is 368. The van der Waals surface area contributed by atoms with E-state index in [0.29, 0.717) is 5.75 Å². The van der Waals surface area contributed by atoms with Gasteiger partial charge in [0, 0.05) is 7.11 Å². The first-order valence-electron chi connectivity index (χ1n) is 5.33. The molecule has 0 spiro atoms. The van der Waals surface area contributed by atoms with E-state index in [1.807, 2.05) is 26.0 Å². The summed E-state index contributed by atoms with van der Waals surface area (Å²) in [5.74, 6) is 0.444. The van der Waals surface area contributed by atoms with Gasteiger partial charge in [0.2, 0.25) is 0 Å². The third kappa shape index (κ3) is 3.20. The van der Waals surface area contributed by atoms with Crippen LogP contribution in [0.1, 0.15) is 19.4 Å². The highest BCUT2D eigenvalue weighted by atomic mass is 16.7. The van der Waals surface area contributed by atoms with Crippen molar-refractivity contribution in [3.63, 3.8) is 0 Å². The average molecular weight is 238 g/mol. The Kier molecular flexibility index (Phi) is 4.52. The van der Waals surface area contributed by atoms with E-state index in [9.17, 15) is 4.79 Å². The smallest absolute Gasteiger partial charge is 0.315 e. The molecule has 0 saturated carbocycles. The molecule has 0 radical (unpaired) electrons. The molecular weight excluding hydrogens is 220 g/mol. The van der Waals surface area contributed by atoms with Crippen LogP contribution in [0.4, 0.5) is 0 Å². The summed E-state index contributed by atoms with van der Waals surface area (Å²) >= 11 is 0. The van der Waals surface area contributed by atoms with Crippen LogP contribution in [-0.4, -0.2) is 27.0 Å². The number of ether oxygens (including phenoxy) is 3. The number of carbonyl (C=O) groups is 1. The van der Waals surface area contributed by atoms with Crippen LogP contribution in [0.5, 0.6) is 5.75 Å². The molecule has 0 aliphatic carbocycles. The summed E-state index contributed by atoms with van der Waals surface area (Å²) in [7, 11) is 2.95. The predicted octanol–water partition coefficient (Wildman–Crippen LogP) is 2.12. The lowest BCUT2D eigenvalue weighted by atomic mass is 9.85. The molecule has 0 fully saturated rings. The first kappa shape index (κ1) is 13.5. The molecule has 0 unspecified atom stereocenters. The van der Waals surface area contributed by atoms with E-state index in [-0.39, 0.29) is 12.8 Å². The van der Waals surface area contributed by atoms with E-state index in [0.717, 1.165) is 5.56 Å². The van der Waals surface area contributed by atoms with Crippen molar-refractivity contribution in [1.29, 1.82) is 0 Å². The van der Waals surface area contributed by atoms with Gasteiger partial charge < -0.3 is 14.2 Å². The van der Waals surface area contributed by atoms with E-state index >= 15 is 0 Å². The molecule has 1 rings (SSSR count). The van der Waals surface area contributed by atoms with Gasteiger partial charge in [-0.1, -0.05) is 12.1 Å². The van der Waals surface area contributed by atoms with Crippen molar-refractivity contribution in [3.05, 3.63) is 29.8 Å². The lowest BCUT2D eigenvalue weighted by Crippen LogP contribution is -2.30.